The lowest BCUT2D eigenvalue weighted by Gasteiger charge is -2.33. The van der Waals surface area contributed by atoms with Gasteiger partial charge in [-0.1, -0.05) is 63.2 Å². The fourth-order valence-electron chi connectivity index (χ4n) is 5.78. The molecule has 0 unspecified atom stereocenters. The number of fused-ring (bicyclic) bond motifs is 2. The Balaban J connectivity index is 1.44. The largest absolute Gasteiger partial charge is 0.495 e. The number of hydrogen-bond donors (Lipinski definition) is 2. The van der Waals surface area contributed by atoms with Gasteiger partial charge in [0.1, 0.15) is 16.5 Å². The number of aliphatic imine (C=N–C) groups is 1. The fraction of sp³-hybridized carbons (Fsp3) is 0.294. The van der Waals surface area contributed by atoms with E-state index in [-0.39, 0.29) is 11.3 Å². The molecule has 0 aliphatic heterocycles. The van der Waals surface area contributed by atoms with Crippen LogP contribution in [0.25, 0.3) is 22.2 Å². The fourth-order valence-corrected chi connectivity index (χ4v) is 7.04. The molecule has 2 aromatic carbocycles. The summed E-state index contributed by atoms with van der Waals surface area (Å²) in [6, 6.07) is 19.9. The van der Waals surface area contributed by atoms with Crippen molar-refractivity contribution in [3.8, 4) is 17.0 Å². The van der Waals surface area contributed by atoms with E-state index in [2.05, 4.69) is 49.3 Å². The van der Waals surface area contributed by atoms with Crippen LogP contribution in [-0.4, -0.2) is 24.2 Å². The second-order valence-corrected chi connectivity index (χ2v) is 12.8. The average Bonchev–Trinajstić information content (AvgIpc) is 3.71. The summed E-state index contributed by atoms with van der Waals surface area (Å²) < 4.78 is 11.1. The molecule has 6 rings (SSSR count). The molecule has 41 heavy (non-hydrogen) atoms. The third-order valence-electron chi connectivity index (χ3n) is 8.13. The highest BCUT2D eigenvalue weighted by Crippen LogP contribution is 2.45. The van der Waals surface area contributed by atoms with Gasteiger partial charge in [0.25, 0.3) is 5.91 Å². The monoisotopic (exact) mass is 565 g/mol. The molecule has 1 aliphatic carbocycles. The molecule has 1 atom stereocenters. The first kappa shape index (κ1) is 27.1. The molecule has 0 spiro atoms. The van der Waals surface area contributed by atoms with Gasteiger partial charge in [-0.2, -0.15) is 0 Å². The van der Waals surface area contributed by atoms with Crippen LogP contribution in [0.5, 0.6) is 5.75 Å². The number of nitrogens with zero attached hydrogens (tertiary/aromatic N) is 1. The molecule has 210 valence electrons. The van der Waals surface area contributed by atoms with Crippen LogP contribution in [0.4, 0.5) is 5.00 Å². The van der Waals surface area contributed by atoms with Crippen LogP contribution in [0.15, 0.2) is 76.3 Å². The minimum absolute atomic E-state index is 0.107. The molecular formula is C34H35N3O3S. The standard InChI is InChI=1S/C34H35N3O3S/c1-34(2,3)22-15-16-25-28(18-22)41-33(29(25)32(38)35-19-23-12-9-17-40-23)36-20-26-24-13-8-14-27(39-4)31(24)37-30(26)21-10-6-5-7-11-21/h5-14,17,20,22,37H,15-16,18-19H2,1-4H3,(H,35,38)/t22-/m0/s1. The number of ether oxygens (including phenoxy) is 1. The van der Waals surface area contributed by atoms with Crippen LogP contribution < -0.4 is 10.1 Å². The number of nitrogens with one attached hydrogen (secondary N) is 2. The van der Waals surface area contributed by atoms with Crippen LogP contribution in [0, 0.1) is 11.3 Å². The Bertz CT molecular complexity index is 1710. The minimum atomic E-state index is -0.107. The van der Waals surface area contributed by atoms with Gasteiger partial charge in [0.15, 0.2) is 0 Å². The topological polar surface area (TPSA) is 79.6 Å². The molecule has 0 bridgehead atoms. The van der Waals surface area contributed by atoms with Crippen molar-refractivity contribution in [1.29, 1.82) is 0 Å². The zero-order chi connectivity index (χ0) is 28.6. The second-order valence-electron chi connectivity index (χ2n) is 11.7. The number of rotatable bonds is 7. The minimum Gasteiger partial charge on any atom is -0.495 e. The third-order valence-corrected chi connectivity index (χ3v) is 9.29. The summed E-state index contributed by atoms with van der Waals surface area (Å²) in [5.74, 6) is 1.96. The summed E-state index contributed by atoms with van der Waals surface area (Å²) in [7, 11) is 1.68. The van der Waals surface area contributed by atoms with Crippen LogP contribution in [-0.2, 0) is 19.4 Å². The number of thiophene rings is 1. The van der Waals surface area contributed by atoms with Crippen LogP contribution in [0.1, 0.15) is 59.3 Å². The highest BCUT2D eigenvalue weighted by atomic mass is 32.1. The van der Waals surface area contributed by atoms with Gasteiger partial charge in [-0.25, -0.2) is 4.99 Å². The highest BCUT2D eigenvalue weighted by Gasteiger charge is 2.33. The smallest absolute Gasteiger partial charge is 0.255 e. The quantitative estimate of drug-likeness (QED) is 0.195. The van der Waals surface area contributed by atoms with Crippen molar-refractivity contribution in [2.24, 2.45) is 16.3 Å². The van der Waals surface area contributed by atoms with Gasteiger partial charge in [-0.15, -0.1) is 11.3 Å². The average molecular weight is 566 g/mol. The van der Waals surface area contributed by atoms with Crippen LogP contribution in [0.2, 0.25) is 0 Å². The molecule has 5 aromatic rings. The SMILES string of the molecule is COc1cccc2c(C=Nc3sc4c(c3C(=O)NCc3ccco3)CC[C@H](C(C)(C)C)C4)c(-c3ccccc3)[nH]c12. The van der Waals surface area contributed by atoms with Gasteiger partial charge in [-0.3, -0.25) is 4.79 Å². The van der Waals surface area contributed by atoms with Crippen LogP contribution >= 0.6 is 11.3 Å². The van der Waals surface area contributed by atoms with E-state index in [4.69, 9.17) is 14.1 Å². The van der Waals surface area contributed by atoms with Gasteiger partial charge in [0.2, 0.25) is 0 Å². The lowest BCUT2D eigenvalue weighted by molar-refractivity contribution is 0.0947. The molecule has 0 radical (unpaired) electrons. The maximum absolute atomic E-state index is 13.7. The zero-order valence-corrected chi connectivity index (χ0v) is 24.7. The Morgan fingerprint density at radius 2 is 1.98 bits per heavy atom. The summed E-state index contributed by atoms with van der Waals surface area (Å²) in [4.78, 5) is 23.6. The Morgan fingerprint density at radius 3 is 2.71 bits per heavy atom. The number of methoxy groups -OCH3 is 1. The Kier molecular flexibility index (Phi) is 7.30. The van der Waals surface area contributed by atoms with Crippen molar-refractivity contribution in [3.05, 3.63) is 94.3 Å². The van der Waals surface area contributed by atoms with Crippen molar-refractivity contribution in [2.45, 2.75) is 46.6 Å². The summed E-state index contributed by atoms with van der Waals surface area (Å²) >= 11 is 1.65. The number of carbonyl (C=O) groups excluding carboxylic acids is 1. The van der Waals surface area contributed by atoms with E-state index in [1.165, 1.54) is 4.88 Å². The van der Waals surface area contributed by atoms with E-state index >= 15 is 0 Å². The van der Waals surface area contributed by atoms with Crippen LogP contribution in [0.3, 0.4) is 0 Å². The zero-order valence-electron chi connectivity index (χ0n) is 23.9. The number of H-pyrrole nitrogens is 1. The predicted molar refractivity (Wildman–Crippen MR) is 167 cm³/mol. The molecular weight excluding hydrogens is 530 g/mol. The molecule has 3 aromatic heterocycles. The number of benzene rings is 2. The van der Waals surface area contributed by atoms with E-state index < -0.39 is 0 Å². The molecule has 7 heteroatoms. The first-order valence-electron chi connectivity index (χ1n) is 14.1. The van der Waals surface area contributed by atoms with E-state index in [0.717, 1.165) is 69.1 Å². The van der Waals surface area contributed by atoms with Crippen molar-refractivity contribution < 1.29 is 13.9 Å². The van der Waals surface area contributed by atoms with Crippen molar-refractivity contribution in [1.82, 2.24) is 10.3 Å². The predicted octanol–water partition coefficient (Wildman–Crippen LogP) is 8.33. The molecule has 6 nitrogen and oxygen atoms in total. The van der Waals surface area contributed by atoms with E-state index in [0.29, 0.717) is 18.0 Å². The molecule has 3 heterocycles. The number of carbonyl (C=O) groups is 1. The van der Waals surface area contributed by atoms with E-state index in [1.54, 1.807) is 24.7 Å². The van der Waals surface area contributed by atoms with Gasteiger partial charge in [-0.05, 0) is 59.9 Å². The van der Waals surface area contributed by atoms with Gasteiger partial charge < -0.3 is 19.5 Å². The number of aromatic nitrogens is 1. The lowest BCUT2D eigenvalue weighted by atomic mass is 9.72. The van der Waals surface area contributed by atoms with Gasteiger partial charge >= 0.3 is 0 Å². The van der Waals surface area contributed by atoms with E-state index in [9.17, 15) is 4.79 Å². The maximum atomic E-state index is 13.7. The Labute approximate surface area is 244 Å². The lowest BCUT2D eigenvalue weighted by Crippen LogP contribution is -2.28. The maximum Gasteiger partial charge on any atom is 0.255 e. The number of para-hydroxylation sites is 1. The molecule has 1 aliphatic rings. The summed E-state index contributed by atoms with van der Waals surface area (Å²) in [6.45, 7) is 7.26. The number of hydrogen-bond acceptors (Lipinski definition) is 5. The molecule has 1 amide bonds. The summed E-state index contributed by atoms with van der Waals surface area (Å²) in [5, 5.41) is 4.84. The summed E-state index contributed by atoms with van der Waals surface area (Å²) in [5.41, 5.74) is 5.95. The Morgan fingerprint density at radius 1 is 1.15 bits per heavy atom. The summed E-state index contributed by atoms with van der Waals surface area (Å²) in [6.07, 6.45) is 6.44. The number of aromatic amines is 1. The molecule has 0 fully saturated rings. The molecule has 2 N–H and O–H groups in total. The number of amides is 1. The molecule has 0 saturated heterocycles. The van der Waals surface area contributed by atoms with Gasteiger partial charge in [0.05, 0.1) is 36.7 Å². The normalized spacial score (nSPS) is 15.4. The first-order chi connectivity index (χ1) is 19.8. The highest BCUT2D eigenvalue weighted by molar-refractivity contribution is 7.16. The van der Waals surface area contributed by atoms with E-state index in [1.807, 2.05) is 48.7 Å². The van der Waals surface area contributed by atoms with Crippen molar-refractivity contribution >= 4 is 39.4 Å². The Hall–Kier alpha value is -4.10. The first-order valence-corrected chi connectivity index (χ1v) is 14.9. The van der Waals surface area contributed by atoms with Gasteiger partial charge in [0, 0.05) is 22.0 Å². The third kappa shape index (κ3) is 5.34. The number of furan rings is 1. The molecule has 0 saturated carbocycles. The van der Waals surface area contributed by atoms with Crippen molar-refractivity contribution in [2.75, 3.05) is 7.11 Å². The second kappa shape index (κ2) is 11.1. The van der Waals surface area contributed by atoms with Crippen molar-refractivity contribution in [3.63, 3.8) is 0 Å².